The van der Waals surface area contributed by atoms with Gasteiger partial charge in [0, 0.05) is 11.1 Å². The van der Waals surface area contributed by atoms with Gasteiger partial charge in [-0.3, -0.25) is 4.79 Å². The van der Waals surface area contributed by atoms with Crippen molar-refractivity contribution in [3.63, 3.8) is 0 Å². The van der Waals surface area contributed by atoms with Gasteiger partial charge >= 0.3 is 0 Å². The molecule has 0 spiro atoms. The number of aliphatic hydroxyl groups excluding tert-OH is 1. The lowest BCUT2D eigenvalue weighted by molar-refractivity contribution is 0.104. The van der Waals surface area contributed by atoms with E-state index in [1.165, 1.54) is 0 Å². The maximum atomic E-state index is 12.6. The van der Waals surface area contributed by atoms with Crippen molar-refractivity contribution in [2.24, 2.45) is 0 Å². The molecule has 0 aromatic heterocycles. The van der Waals surface area contributed by atoms with E-state index in [-0.39, 0.29) is 5.78 Å². The Labute approximate surface area is 127 Å². The monoisotopic (exact) mass is 284 g/mol. The van der Waals surface area contributed by atoms with Crippen molar-refractivity contribution in [2.45, 2.75) is 6.10 Å². The molecule has 22 heavy (non-hydrogen) atoms. The summed E-state index contributed by atoms with van der Waals surface area (Å²) < 4.78 is 0. The van der Waals surface area contributed by atoms with Gasteiger partial charge in [-0.05, 0) is 45.5 Å². The van der Waals surface area contributed by atoms with Crippen LogP contribution in [0.3, 0.4) is 0 Å². The van der Waals surface area contributed by atoms with Crippen LogP contribution in [-0.2, 0) is 0 Å². The summed E-state index contributed by atoms with van der Waals surface area (Å²) in [6, 6.07) is 19.4. The highest BCUT2D eigenvalue weighted by Crippen LogP contribution is 2.48. The maximum Gasteiger partial charge on any atom is 0.194 e. The van der Waals surface area contributed by atoms with E-state index < -0.39 is 6.10 Å². The van der Waals surface area contributed by atoms with Crippen LogP contribution in [-0.4, -0.2) is 10.9 Å². The number of benzene rings is 3. The molecule has 0 saturated carbocycles. The minimum atomic E-state index is -0.612. The van der Waals surface area contributed by atoms with Crippen molar-refractivity contribution in [1.82, 2.24) is 0 Å². The second-order valence-corrected chi connectivity index (χ2v) is 5.85. The quantitative estimate of drug-likeness (QED) is 0.530. The highest BCUT2D eigenvalue weighted by atomic mass is 16.3. The number of ketones is 1. The van der Waals surface area contributed by atoms with Crippen molar-refractivity contribution in [2.75, 3.05) is 0 Å². The van der Waals surface area contributed by atoms with Crippen LogP contribution < -0.4 is 0 Å². The van der Waals surface area contributed by atoms with Crippen LogP contribution in [0.2, 0.25) is 0 Å². The van der Waals surface area contributed by atoms with Crippen LogP contribution in [0, 0.1) is 0 Å². The van der Waals surface area contributed by atoms with Gasteiger partial charge in [-0.2, -0.15) is 0 Å². The predicted molar refractivity (Wildman–Crippen MR) is 84.8 cm³/mol. The maximum absolute atomic E-state index is 12.6. The van der Waals surface area contributed by atoms with Gasteiger partial charge in [0.2, 0.25) is 0 Å². The molecule has 2 aliphatic rings. The summed E-state index contributed by atoms with van der Waals surface area (Å²) >= 11 is 0. The Kier molecular flexibility index (Phi) is 2.13. The zero-order chi connectivity index (χ0) is 14.8. The van der Waals surface area contributed by atoms with E-state index >= 15 is 0 Å². The van der Waals surface area contributed by atoms with Gasteiger partial charge in [0.15, 0.2) is 5.78 Å². The third-order valence-electron chi connectivity index (χ3n) is 4.74. The number of aliphatic hydroxyl groups is 1. The van der Waals surface area contributed by atoms with Gasteiger partial charge in [0.1, 0.15) is 6.10 Å². The molecule has 0 aliphatic heterocycles. The van der Waals surface area contributed by atoms with Crippen LogP contribution in [0.5, 0.6) is 0 Å². The fourth-order valence-corrected chi connectivity index (χ4v) is 3.70. The van der Waals surface area contributed by atoms with Gasteiger partial charge in [-0.15, -0.1) is 0 Å². The first-order valence-electron chi connectivity index (χ1n) is 7.35. The fourth-order valence-electron chi connectivity index (χ4n) is 3.70. The van der Waals surface area contributed by atoms with Gasteiger partial charge in [-0.25, -0.2) is 0 Å². The summed E-state index contributed by atoms with van der Waals surface area (Å²) in [4.78, 5) is 12.6. The van der Waals surface area contributed by atoms with Gasteiger partial charge in [-0.1, -0.05) is 48.5 Å². The van der Waals surface area contributed by atoms with E-state index in [9.17, 15) is 9.90 Å². The van der Waals surface area contributed by atoms with Crippen LogP contribution in [0.1, 0.15) is 33.2 Å². The summed E-state index contributed by atoms with van der Waals surface area (Å²) in [5, 5.41) is 10.6. The predicted octanol–water partition coefficient (Wildman–Crippen LogP) is 3.96. The lowest BCUT2D eigenvalue weighted by Crippen LogP contribution is -1.97. The molecule has 0 bridgehead atoms. The number of carbonyl (C=O) groups excluding carboxylic acids is 1. The molecule has 2 aliphatic carbocycles. The van der Waals surface area contributed by atoms with Crippen LogP contribution in [0.4, 0.5) is 0 Å². The Balaban J connectivity index is 1.83. The number of fused-ring (bicyclic) bond motifs is 6. The Morgan fingerprint density at radius 2 is 1.32 bits per heavy atom. The molecular formula is C20H12O2. The lowest BCUT2D eigenvalue weighted by Gasteiger charge is -2.08. The van der Waals surface area contributed by atoms with Crippen molar-refractivity contribution in [1.29, 1.82) is 0 Å². The zero-order valence-electron chi connectivity index (χ0n) is 11.7. The molecule has 104 valence electrons. The molecule has 0 amide bonds. The number of rotatable bonds is 0. The second-order valence-electron chi connectivity index (χ2n) is 5.85. The molecule has 2 nitrogen and oxygen atoms in total. The smallest absolute Gasteiger partial charge is 0.194 e. The Morgan fingerprint density at radius 3 is 2.14 bits per heavy atom. The average Bonchev–Trinajstić information content (AvgIpc) is 3.01. The Bertz CT molecular complexity index is 969. The standard InChI is InChI=1S/C20H12O2/c21-19-13-7-3-1-5-11(13)15-9-18-16(10-17(15)19)12-6-2-4-8-14(12)20(18)22/h1-10,19,21H. The van der Waals surface area contributed by atoms with E-state index in [1.807, 2.05) is 60.7 Å². The van der Waals surface area contributed by atoms with E-state index in [1.54, 1.807) is 0 Å². The van der Waals surface area contributed by atoms with Gasteiger partial charge < -0.3 is 5.11 Å². The first-order chi connectivity index (χ1) is 10.8. The largest absolute Gasteiger partial charge is 0.384 e. The SMILES string of the molecule is O=C1c2ccccc2-c2cc3c(cc21)-c1ccccc1C3O. The van der Waals surface area contributed by atoms with Gasteiger partial charge in [0.25, 0.3) is 0 Å². The third kappa shape index (κ3) is 1.31. The number of hydrogen-bond acceptors (Lipinski definition) is 2. The minimum absolute atomic E-state index is 0.0762. The van der Waals surface area contributed by atoms with E-state index in [0.717, 1.165) is 44.5 Å². The first kappa shape index (κ1) is 11.9. The zero-order valence-corrected chi connectivity index (χ0v) is 11.7. The molecule has 3 aromatic rings. The number of carbonyl (C=O) groups is 1. The first-order valence-corrected chi connectivity index (χ1v) is 7.35. The van der Waals surface area contributed by atoms with Crippen molar-refractivity contribution in [3.05, 3.63) is 82.9 Å². The lowest BCUT2D eigenvalue weighted by atomic mass is 9.97. The van der Waals surface area contributed by atoms with E-state index in [4.69, 9.17) is 0 Å². The van der Waals surface area contributed by atoms with Crippen molar-refractivity contribution < 1.29 is 9.90 Å². The molecule has 0 fully saturated rings. The molecule has 5 rings (SSSR count). The summed E-state index contributed by atoms with van der Waals surface area (Å²) in [5.41, 5.74) is 7.21. The highest BCUT2D eigenvalue weighted by Gasteiger charge is 2.33. The van der Waals surface area contributed by atoms with Gasteiger partial charge in [0.05, 0.1) is 0 Å². The highest BCUT2D eigenvalue weighted by molar-refractivity contribution is 6.22. The normalized spacial score (nSPS) is 17.0. The van der Waals surface area contributed by atoms with E-state index in [0.29, 0.717) is 0 Å². The van der Waals surface area contributed by atoms with Crippen LogP contribution in [0.15, 0.2) is 60.7 Å². The molecule has 1 N–H and O–H groups in total. The third-order valence-corrected chi connectivity index (χ3v) is 4.74. The summed E-state index contributed by atoms with van der Waals surface area (Å²) in [5.74, 6) is 0.0762. The summed E-state index contributed by atoms with van der Waals surface area (Å²) in [6.07, 6.45) is -0.612. The molecule has 0 saturated heterocycles. The number of hydrogen-bond donors (Lipinski definition) is 1. The summed E-state index contributed by atoms with van der Waals surface area (Å²) in [7, 11) is 0. The molecule has 1 atom stereocenters. The molecule has 1 unspecified atom stereocenters. The summed E-state index contributed by atoms with van der Waals surface area (Å²) in [6.45, 7) is 0. The molecular weight excluding hydrogens is 272 g/mol. The van der Waals surface area contributed by atoms with Crippen LogP contribution in [0.25, 0.3) is 22.3 Å². The van der Waals surface area contributed by atoms with Crippen molar-refractivity contribution in [3.8, 4) is 22.3 Å². The average molecular weight is 284 g/mol. The minimum Gasteiger partial charge on any atom is -0.384 e. The molecule has 0 radical (unpaired) electrons. The Hall–Kier alpha value is -2.71. The fraction of sp³-hybridized carbons (Fsp3) is 0.0500. The topological polar surface area (TPSA) is 37.3 Å². The second kappa shape index (κ2) is 3.93. The molecule has 0 heterocycles. The van der Waals surface area contributed by atoms with Crippen molar-refractivity contribution >= 4 is 5.78 Å². The van der Waals surface area contributed by atoms with E-state index in [2.05, 4.69) is 0 Å². The molecule has 3 aromatic carbocycles. The van der Waals surface area contributed by atoms with Crippen LogP contribution >= 0.6 is 0 Å². The molecule has 2 heteroatoms. The Morgan fingerprint density at radius 1 is 0.636 bits per heavy atom.